The van der Waals surface area contributed by atoms with E-state index in [-0.39, 0.29) is 23.2 Å². The number of nitrogens with one attached hydrogen (secondary N) is 1. The number of piperidine rings is 1. The van der Waals surface area contributed by atoms with Crippen LogP contribution in [0.1, 0.15) is 40.7 Å². The number of hydrogen-bond acceptors (Lipinski definition) is 6. The number of anilines is 1. The van der Waals surface area contributed by atoms with Crippen LogP contribution >= 0.6 is 11.3 Å². The lowest BCUT2D eigenvalue weighted by molar-refractivity contribution is -0.384. The second kappa shape index (κ2) is 6.96. The minimum absolute atomic E-state index is 0.0421. The van der Waals surface area contributed by atoms with Crippen LogP contribution in [0.15, 0.2) is 29.8 Å². The van der Waals surface area contributed by atoms with Gasteiger partial charge >= 0.3 is 0 Å². The van der Waals surface area contributed by atoms with Crippen LogP contribution in [0.2, 0.25) is 0 Å². The van der Waals surface area contributed by atoms with Crippen molar-refractivity contribution in [1.29, 1.82) is 0 Å². The first kappa shape index (κ1) is 16.4. The van der Waals surface area contributed by atoms with Gasteiger partial charge in [0.2, 0.25) is 0 Å². The highest BCUT2D eigenvalue weighted by atomic mass is 32.1. The first-order chi connectivity index (χ1) is 11.6. The Hall–Kier alpha value is -2.48. The van der Waals surface area contributed by atoms with Crippen molar-refractivity contribution in [3.05, 3.63) is 50.5 Å². The molecule has 0 bridgehead atoms. The van der Waals surface area contributed by atoms with Gasteiger partial charge < -0.3 is 10.2 Å². The van der Waals surface area contributed by atoms with Gasteiger partial charge in [-0.2, -0.15) is 0 Å². The van der Waals surface area contributed by atoms with Crippen LogP contribution in [0.3, 0.4) is 0 Å². The number of carbonyl (C=O) groups excluding carboxylic acids is 1. The third kappa shape index (κ3) is 3.09. The molecule has 0 saturated carbocycles. The number of benzene rings is 1. The number of aromatic nitrogens is 1. The lowest BCUT2D eigenvalue weighted by Crippen LogP contribution is -2.33. The maximum absolute atomic E-state index is 11.8. The molecule has 0 spiro atoms. The molecule has 0 radical (unpaired) electrons. The van der Waals surface area contributed by atoms with Gasteiger partial charge in [0, 0.05) is 36.8 Å². The van der Waals surface area contributed by atoms with Gasteiger partial charge in [0.1, 0.15) is 10.7 Å². The molecule has 24 heavy (non-hydrogen) atoms. The molecule has 1 aliphatic heterocycles. The summed E-state index contributed by atoms with van der Waals surface area (Å²) in [5.74, 6) is -0.334. The highest BCUT2D eigenvalue weighted by Gasteiger charge is 2.31. The van der Waals surface area contributed by atoms with Gasteiger partial charge in [-0.1, -0.05) is 0 Å². The van der Waals surface area contributed by atoms with Crippen molar-refractivity contribution in [2.75, 3.05) is 18.5 Å². The molecule has 3 rings (SSSR count). The number of carbonyl (C=O) groups is 1. The number of nitrogens with zero attached hydrogens (tertiary/aromatic N) is 3. The van der Waals surface area contributed by atoms with Crippen LogP contribution in [0.4, 0.5) is 11.4 Å². The van der Waals surface area contributed by atoms with Crippen LogP contribution in [-0.4, -0.2) is 29.4 Å². The molecule has 1 fully saturated rings. The summed E-state index contributed by atoms with van der Waals surface area (Å²) in [4.78, 5) is 29.3. The average Bonchev–Trinajstić information content (AvgIpc) is 3.15. The van der Waals surface area contributed by atoms with E-state index in [0.717, 1.165) is 30.8 Å². The Bertz CT molecular complexity index is 748. The minimum Gasteiger partial charge on any atom is -0.357 e. The van der Waals surface area contributed by atoms with Crippen LogP contribution < -0.4 is 10.2 Å². The summed E-state index contributed by atoms with van der Waals surface area (Å²) in [6.45, 7) is 0.740. The number of rotatable bonds is 4. The molecule has 126 valence electrons. The molecule has 1 amide bonds. The predicted molar refractivity (Wildman–Crippen MR) is 92.5 cm³/mol. The summed E-state index contributed by atoms with van der Waals surface area (Å²) in [5.41, 5.74) is 0.794. The Balaban J connectivity index is 2.03. The summed E-state index contributed by atoms with van der Waals surface area (Å²) in [6, 6.07) is 4.70. The summed E-state index contributed by atoms with van der Waals surface area (Å²) in [6.07, 6.45) is 4.73. The van der Waals surface area contributed by atoms with E-state index >= 15 is 0 Å². The molecular formula is C16H18N4O3S. The summed E-state index contributed by atoms with van der Waals surface area (Å²) in [7, 11) is 1.51. The van der Waals surface area contributed by atoms with E-state index in [0.29, 0.717) is 5.69 Å². The Labute approximate surface area is 143 Å². The molecule has 2 heterocycles. The van der Waals surface area contributed by atoms with E-state index in [1.807, 2.05) is 10.3 Å². The number of thiazole rings is 1. The largest absolute Gasteiger partial charge is 0.357 e. The molecule has 1 atom stereocenters. The lowest BCUT2D eigenvalue weighted by atomic mass is 10.0. The van der Waals surface area contributed by atoms with Gasteiger partial charge in [-0.25, -0.2) is 4.98 Å². The normalized spacial score (nSPS) is 17.5. The Morgan fingerprint density at radius 2 is 2.29 bits per heavy atom. The fourth-order valence-electron chi connectivity index (χ4n) is 3.07. The third-order valence-electron chi connectivity index (χ3n) is 4.21. The van der Waals surface area contributed by atoms with E-state index < -0.39 is 4.92 Å². The molecule has 8 heteroatoms. The number of nitro benzene ring substituents is 1. The maximum atomic E-state index is 11.8. The van der Waals surface area contributed by atoms with Gasteiger partial charge in [0.05, 0.1) is 11.0 Å². The summed E-state index contributed by atoms with van der Waals surface area (Å²) < 4.78 is 0. The first-order valence-corrected chi connectivity index (χ1v) is 8.66. The van der Waals surface area contributed by atoms with Crippen molar-refractivity contribution in [3.8, 4) is 0 Å². The van der Waals surface area contributed by atoms with E-state index in [9.17, 15) is 14.9 Å². The minimum atomic E-state index is -0.421. The molecule has 1 aliphatic rings. The van der Waals surface area contributed by atoms with Gasteiger partial charge in [0.15, 0.2) is 0 Å². The Morgan fingerprint density at radius 1 is 1.46 bits per heavy atom. The Kier molecular flexibility index (Phi) is 4.75. The van der Waals surface area contributed by atoms with Crippen molar-refractivity contribution in [3.63, 3.8) is 0 Å². The molecule has 0 unspecified atom stereocenters. The molecule has 7 nitrogen and oxygen atoms in total. The monoisotopic (exact) mass is 346 g/mol. The number of amides is 1. The van der Waals surface area contributed by atoms with Crippen LogP contribution in [0.5, 0.6) is 0 Å². The average molecular weight is 346 g/mol. The molecule has 2 aromatic rings. The van der Waals surface area contributed by atoms with Crippen molar-refractivity contribution < 1.29 is 9.72 Å². The van der Waals surface area contributed by atoms with Gasteiger partial charge in [0.25, 0.3) is 11.6 Å². The van der Waals surface area contributed by atoms with E-state index in [4.69, 9.17) is 0 Å². The molecular weight excluding hydrogens is 328 g/mol. The smallest absolute Gasteiger partial charge is 0.293 e. The van der Waals surface area contributed by atoms with Crippen LogP contribution in [-0.2, 0) is 0 Å². The maximum Gasteiger partial charge on any atom is 0.293 e. The first-order valence-electron chi connectivity index (χ1n) is 7.78. The number of hydrogen-bond donors (Lipinski definition) is 1. The zero-order chi connectivity index (χ0) is 17.1. The van der Waals surface area contributed by atoms with E-state index in [1.54, 1.807) is 29.7 Å². The van der Waals surface area contributed by atoms with Crippen molar-refractivity contribution in [2.45, 2.75) is 25.3 Å². The van der Waals surface area contributed by atoms with Crippen molar-refractivity contribution in [2.24, 2.45) is 0 Å². The fraction of sp³-hybridized carbons (Fsp3) is 0.375. The van der Waals surface area contributed by atoms with Crippen LogP contribution in [0.25, 0.3) is 0 Å². The lowest BCUT2D eigenvalue weighted by Gasteiger charge is -2.36. The van der Waals surface area contributed by atoms with Gasteiger partial charge in [-0.05, 0) is 31.4 Å². The quantitative estimate of drug-likeness (QED) is 0.679. The standard InChI is InChI=1S/C16H18N4O3S/c1-17-15(21)11-5-6-12(14(10-11)20(22)23)19-8-3-2-4-13(19)16-18-7-9-24-16/h5-7,9-10,13H,2-4,8H2,1H3,(H,17,21)/t13-/m1/s1. The fourth-order valence-corrected chi connectivity index (χ4v) is 3.86. The van der Waals surface area contributed by atoms with Gasteiger partial charge in [-0.3, -0.25) is 14.9 Å². The van der Waals surface area contributed by atoms with Crippen molar-refractivity contribution in [1.82, 2.24) is 10.3 Å². The number of nitro groups is 1. The van der Waals surface area contributed by atoms with E-state index in [2.05, 4.69) is 10.3 Å². The summed E-state index contributed by atoms with van der Waals surface area (Å²) >= 11 is 1.57. The molecule has 1 N–H and O–H groups in total. The Morgan fingerprint density at radius 3 is 2.96 bits per heavy atom. The van der Waals surface area contributed by atoms with Gasteiger partial charge in [-0.15, -0.1) is 11.3 Å². The molecule has 1 aromatic heterocycles. The molecule has 1 aromatic carbocycles. The second-order valence-electron chi connectivity index (χ2n) is 5.62. The highest BCUT2D eigenvalue weighted by Crippen LogP contribution is 2.40. The van der Waals surface area contributed by atoms with Crippen molar-refractivity contribution >= 4 is 28.6 Å². The zero-order valence-corrected chi connectivity index (χ0v) is 14.1. The zero-order valence-electron chi connectivity index (χ0n) is 13.3. The summed E-state index contributed by atoms with van der Waals surface area (Å²) in [5, 5.41) is 16.9. The van der Waals surface area contributed by atoms with Crippen LogP contribution in [0, 0.1) is 10.1 Å². The highest BCUT2D eigenvalue weighted by molar-refractivity contribution is 7.09. The third-order valence-corrected chi connectivity index (χ3v) is 5.09. The topological polar surface area (TPSA) is 88.4 Å². The molecule has 1 saturated heterocycles. The second-order valence-corrected chi connectivity index (χ2v) is 6.54. The SMILES string of the molecule is CNC(=O)c1ccc(N2CCCC[C@@H]2c2nccs2)c([N+](=O)[O-])c1. The molecule has 0 aliphatic carbocycles. The van der Waals surface area contributed by atoms with E-state index in [1.165, 1.54) is 13.1 Å². The predicted octanol–water partition coefficient (Wildman–Crippen LogP) is 3.14.